The quantitative estimate of drug-likeness (QED) is 0.246. The molecule has 0 saturated heterocycles. The Morgan fingerprint density at radius 2 is 1.00 bits per heavy atom. The highest BCUT2D eigenvalue weighted by Crippen LogP contribution is 2.40. The van der Waals surface area contributed by atoms with Crippen molar-refractivity contribution in [2.45, 2.75) is 0 Å². The van der Waals surface area contributed by atoms with Gasteiger partial charge in [0, 0.05) is 38.5 Å². The summed E-state index contributed by atoms with van der Waals surface area (Å²) in [6.45, 7) is 0. The van der Waals surface area contributed by atoms with Crippen LogP contribution in [-0.4, -0.2) is 19.1 Å². The molecule has 3 aromatic heterocycles. The summed E-state index contributed by atoms with van der Waals surface area (Å²) in [4.78, 5) is 8.41. The molecule has 0 saturated carbocycles. The largest absolute Gasteiger partial charge is 0.338 e. The topological polar surface area (TPSA) is 38.5 Å². The Bertz CT molecular complexity index is 2370. The third kappa shape index (κ3) is 3.25. The van der Waals surface area contributed by atoms with Gasteiger partial charge in [0.2, 0.25) is 0 Å². The number of hydrogen-bond donors (Lipinski definition) is 1. The van der Waals surface area contributed by atoms with E-state index in [1.54, 1.807) is 0 Å². The minimum atomic E-state index is 0.879. The molecule has 0 aliphatic carbocycles. The molecule has 6 aromatic carbocycles. The molecule has 4 heteroatoms. The summed E-state index contributed by atoms with van der Waals surface area (Å²) in [5.41, 5.74) is 10.2. The van der Waals surface area contributed by atoms with E-state index in [1.165, 1.54) is 38.1 Å². The number of imidazole rings is 1. The first kappa shape index (κ1) is 22.2. The van der Waals surface area contributed by atoms with E-state index in [4.69, 9.17) is 4.98 Å². The second kappa shape index (κ2) is 8.44. The van der Waals surface area contributed by atoms with Crippen LogP contribution in [-0.2, 0) is 0 Å². The van der Waals surface area contributed by atoms with Crippen LogP contribution >= 0.6 is 0 Å². The zero-order valence-electron chi connectivity index (χ0n) is 22.1. The van der Waals surface area contributed by atoms with E-state index < -0.39 is 0 Å². The second-order valence-corrected chi connectivity index (χ2v) is 10.6. The van der Waals surface area contributed by atoms with Crippen LogP contribution < -0.4 is 0 Å². The molecule has 9 aromatic rings. The fourth-order valence-electron chi connectivity index (χ4n) is 6.43. The van der Waals surface area contributed by atoms with E-state index in [2.05, 4.69) is 135 Å². The molecule has 0 radical (unpaired) electrons. The summed E-state index contributed by atoms with van der Waals surface area (Å²) in [5.74, 6) is 0.879. The van der Waals surface area contributed by atoms with Crippen molar-refractivity contribution in [1.29, 1.82) is 0 Å². The normalized spacial score (nSPS) is 11.9. The van der Waals surface area contributed by atoms with Crippen LogP contribution in [0.5, 0.6) is 0 Å². The molecule has 4 nitrogen and oxygen atoms in total. The number of nitrogens with zero attached hydrogens (tertiary/aromatic N) is 3. The van der Waals surface area contributed by atoms with Crippen molar-refractivity contribution in [1.82, 2.24) is 19.1 Å². The van der Waals surface area contributed by atoms with Crippen molar-refractivity contribution in [3.63, 3.8) is 0 Å². The Balaban J connectivity index is 1.40. The van der Waals surface area contributed by atoms with Crippen LogP contribution in [0, 0.1) is 0 Å². The van der Waals surface area contributed by atoms with Crippen molar-refractivity contribution in [3.8, 4) is 22.8 Å². The molecule has 0 bridgehead atoms. The smallest absolute Gasteiger partial charge is 0.138 e. The third-order valence-corrected chi connectivity index (χ3v) is 8.25. The standard InChI is InChI=1S/C37H24N4/c1-3-11-25(12-4-1)40-33-18-10-7-15-27(33)29-22-36-30(23-35(29)40)28-20-19-24(37-38-31-16-8-9-17-32(31)39-37)21-34(28)41(36)26-13-5-2-6-14-26/h1-23H,(H,38,39). The molecule has 41 heavy (non-hydrogen) atoms. The molecular weight excluding hydrogens is 500 g/mol. The number of hydrogen-bond acceptors (Lipinski definition) is 1. The number of para-hydroxylation sites is 5. The fraction of sp³-hybridized carbons (Fsp3) is 0. The van der Waals surface area contributed by atoms with Crippen LogP contribution in [0.25, 0.3) is 77.4 Å². The Morgan fingerprint density at radius 1 is 0.439 bits per heavy atom. The number of aromatic nitrogens is 4. The number of H-pyrrole nitrogens is 1. The van der Waals surface area contributed by atoms with E-state index in [1.807, 2.05) is 18.2 Å². The van der Waals surface area contributed by atoms with Gasteiger partial charge in [-0.3, -0.25) is 0 Å². The van der Waals surface area contributed by atoms with Crippen LogP contribution in [0.15, 0.2) is 140 Å². The zero-order chi connectivity index (χ0) is 26.9. The molecule has 0 fully saturated rings. The molecule has 9 rings (SSSR count). The van der Waals surface area contributed by atoms with Crippen LogP contribution in [0.4, 0.5) is 0 Å². The first-order chi connectivity index (χ1) is 20.3. The monoisotopic (exact) mass is 524 g/mol. The van der Waals surface area contributed by atoms with Crippen LogP contribution in [0.1, 0.15) is 0 Å². The lowest BCUT2D eigenvalue weighted by Crippen LogP contribution is -1.94. The van der Waals surface area contributed by atoms with Gasteiger partial charge in [0.05, 0.1) is 33.1 Å². The van der Waals surface area contributed by atoms with Gasteiger partial charge in [-0.15, -0.1) is 0 Å². The van der Waals surface area contributed by atoms with E-state index in [0.29, 0.717) is 0 Å². The number of fused-ring (bicyclic) bond motifs is 7. The maximum atomic E-state index is 4.89. The summed E-state index contributed by atoms with van der Waals surface area (Å²) in [6.07, 6.45) is 0. The van der Waals surface area contributed by atoms with Crippen molar-refractivity contribution in [2.24, 2.45) is 0 Å². The van der Waals surface area contributed by atoms with Gasteiger partial charge in [-0.25, -0.2) is 4.98 Å². The molecule has 3 heterocycles. The molecule has 192 valence electrons. The zero-order valence-corrected chi connectivity index (χ0v) is 22.1. The SMILES string of the molecule is c1ccc(-n2c3ccccc3c3cc4c(cc32)c2ccc(-c3nc5ccccc5[nH]3)cc2n4-c2ccccc2)cc1. The molecular formula is C37H24N4. The highest BCUT2D eigenvalue weighted by molar-refractivity contribution is 6.19. The summed E-state index contributed by atoms with van der Waals surface area (Å²) in [5, 5.41) is 4.94. The maximum absolute atomic E-state index is 4.89. The fourth-order valence-corrected chi connectivity index (χ4v) is 6.43. The highest BCUT2D eigenvalue weighted by Gasteiger charge is 2.19. The van der Waals surface area contributed by atoms with Gasteiger partial charge in [0.15, 0.2) is 0 Å². The van der Waals surface area contributed by atoms with Gasteiger partial charge in [-0.1, -0.05) is 78.9 Å². The first-order valence-electron chi connectivity index (χ1n) is 13.9. The Hall–Kier alpha value is -5.61. The van der Waals surface area contributed by atoms with Gasteiger partial charge in [-0.2, -0.15) is 0 Å². The lowest BCUT2D eigenvalue weighted by molar-refractivity contribution is 1.17. The number of benzene rings is 6. The van der Waals surface area contributed by atoms with E-state index >= 15 is 0 Å². The summed E-state index contributed by atoms with van der Waals surface area (Å²) in [6, 6.07) is 49.7. The Labute approximate surface area is 235 Å². The van der Waals surface area contributed by atoms with Gasteiger partial charge >= 0.3 is 0 Å². The minimum absolute atomic E-state index is 0.879. The predicted molar refractivity (Wildman–Crippen MR) is 170 cm³/mol. The molecule has 0 atom stereocenters. The number of aromatic amines is 1. The second-order valence-electron chi connectivity index (χ2n) is 10.6. The van der Waals surface area contributed by atoms with Crippen LogP contribution in [0.2, 0.25) is 0 Å². The summed E-state index contributed by atoms with van der Waals surface area (Å²) >= 11 is 0. The van der Waals surface area contributed by atoms with Crippen molar-refractivity contribution in [2.75, 3.05) is 0 Å². The van der Waals surface area contributed by atoms with E-state index in [0.717, 1.165) is 39.3 Å². The lowest BCUT2D eigenvalue weighted by Gasteiger charge is -2.09. The average Bonchev–Trinajstić information content (AvgIpc) is 3.70. The van der Waals surface area contributed by atoms with Crippen LogP contribution in [0.3, 0.4) is 0 Å². The van der Waals surface area contributed by atoms with E-state index in [-0.39, 0.29) is 0 Å². The molecule has 0 aliphatic heterocycles. The van der Waals surface area contributed by atoms with Gasteiger partial charge in [-0.05, 0) is 60.7 Å². The van der Waals surface area contributed by atoms with Gasteiger partial charge in [0.25, 0.3) is 0 Å². The molecule has 0 unspecified atom stereocenters. The highest BCUT2D eigenvalue weighted by atomic mass is 15.0. The average molecular weight is 525 g/mol. The number of nitrogens with one attached hydrogen (secondary N) is 1. The Kier molecular flexibility index (Phi) is 4.58. The van der Waals surface area contributed by atoms with Gasteiger partial charge in [0.1, 0.15) is 5.82 Å². The predicted octanol–water partition coefficient (Wildman–Crippen LogP) is 9.42. The van der Waals surface area contributed by atoms with Crippen molar-refractivity contribution in [3.05, 3.63) is 140 Å². The van der Waals surface area contributed by atoms with Crippen molar-refractivity contribution >= 4 is 54.6 Å². The Morgan fingerprint density at radius 3 is 1.71 bits per heavy atom. The third-order valence-electron chi connectivity index (χ3n) is 8.25. The molecule has 0 spiro atoms. The summed E-state index contributed by atoms with van der Waals surface area (Å²) in [7, 11) is 0. The molecule has 0 aliphatic rings. The van der Waals surface area contributed by atoms with E-state index in [9.17, 15) is 0 Å². The van der Waals surface area contributed by atoms with Gasteiger partial charge < -0.3 is 14.1 Å². The molecule has 1 N–H and O–H groups in total. The lowest BCUT2D eigenvalue weighted by atomic mass is 10.1. The summed E-state index contributed by atoms with van der Waals surface area (Å²) < 4.78 is 4.78. The minimum Gasteiger partial charge on any atom is -0.338 e. The van der Waals surface area contributed by atoms with Crippen molar-refractivity contribution < 1.29 is 0 Å². The number of rotatable bonds is 3. The first-order valence-corrected chi connectivity index (χ1v) is 13.9. The molecule has 0 amide bonds. The maximum Gasteiger partial charge on any atom is 0.138 e.